The second kappa shape index (κ2) is 6.19. The van der Waals surface area contributed by atoms with E-state index < -0.39 is 0 Å². The van der Waals surface area contributed by atoms with E-state index in [2.05, 4.69) is 17.6 Å². The van der Waals surface area contributed by atoms with Crippen molar-refractivity contribution in [3.8, 4) is 0 Å². The molecule has 1 fully saturated rings. The van der Waals surface area contributed by atoms with Crippen LogP contribution in [0.2, 0.25) is 0 Å². The van der Waals surface area contributed by atoms with Crippen molar-refractivity contribution in [2.75, 3.05) is 6.54 Å². The minimum atomic E-state index is -0.0167. The molecule has 4 nitrogen and oxygen atoms in total. The Bertz CT molecular complexity index is 470. The predicted molar refractivity (Wildman–Crippen MR) is 75.8 cm³/mol. The van der Waals surface area contributed by atoms with Crippen LogP contribution in [0, 0.1) is 18.8 Å². The smallest absolute Gasteiger partial charge is 0.223 e. The van der Waals surface area contributed by atoms with Crippen LogP contribution >= 0.6 is 11.3 Å². The lowest BCUT2D eigenvalue weighted by Gasteiger charge is -2.06. The third-order valence-corrected chi connectivity index (χ3v) is 4.53. The summed E-state index contributed by atoms with van der Waals surface area (Å²) in [5, 5.41) is 7.71. The third-order valence-electron chi connectivity index (χ3n) is 3.51. The molecule has 2 amide bonds. The van der Waals surface area contributed by atoms with E-state index in [1.165, 1.54) is 10.4 Å². The molecule has 0 aromatic carbocycles. The summed E-state index contributed by atoms with van der Waals surface area (Å²) in [6.45, 7) is 5.11. The highest BCUT2D eigenvalue weighted by Crippen LogP contribution is 2.37. The van der Waals surface area contributed by atoms with Gasteiger partial charge in [0.2, 0.25) is 11.8 Å². The van der Waals surface area contributed by atoms with E-state index in [0.717, 1.165) is 6.42 Å². The fourth-order valence-corrected chi connectivity index (χ4v) is 2.82. The van der Waals surface area contributed by atoms with Crippen molar-refractivity contribution in [2.45, 2.75) is 33.2 Å². The minimum Gasteiger partial charge on any atom is -0.355 e. The Morgan fingerprint density at radius 2 is 2.16 bits per heavy atom. The maximum Gasteiger partial charge on any atom is 0.223 e. The Kier molecular flexibility index (Phi) is 4.58. The molecule has 0 unspecified atom stereocenters. The van der Waals surface area contributed by atoms with Crippen LogP contribution in [0.15, 0.2) is 11.4 Å². The molecule has 0 radical (unpaired) electrons. The summed E-state index contributed by atoms with van der Waals surface area (Å²) in [7, 11) is 0. The van der Waals surface area contributed by atoms with Gasteiger partial charge < -0.3 is 10.6 Å². The lowest BCUT2D eigenvalue weighted by molar-refractivity contribution is -0.123. The van der Waals surface area contributed by atoms with Gasteiger partial charge in [-0.3, -0.25) is 9.59 Å². The topological polar surface area (TPSA) is 58.2 Å². The molecule has 1 heterocycles. The number of rotatable bonds is 6. The zero-order chi connectivity index (χ0) is 13.8. The van der Waals surface area contributed by atoms with Crippen molar-refractivity contribution in [2.24, 2.45) is 11.8 Å². The second-order valence-corrected chi connectivity index (χ2v) is 6.16. The van der Waals surface area contributed by atoms with Crippen molar-refractivity contribution in [1.82, 2.24) is 10.6 Å². The van der Waals surface area contributed by atoms with Crippen LogP contribution in [0.3, 0.4) is 0 Å². The van der Waals surface area contributed by atoms with Crippen LogP contribution in [0.1, 0.15) is 30.2 Å². The van der Waals surface area contributed by atoms with Gasteiger partial charge in [0, 0.05) is 23.8 Å². The van der Waals surface area contributed by atoms with Gasteiger partial charge in [0.15, 0.2) is 0 Å². The summed E-state index contributed by atoms with van der Waals surface area (Å²) in [6, 6.07) is 2.04. The number of hydrogen-bond donors (Lipinski definition) is 2. The van der Waals surface area contributed by atoms with E-state index in [1.807, 2.05) is 18.4 Å². The zero-order valence-electron chi connectivity index (χ0n) is 11.4. The maximum absolute atomic E-state index is 11.6. The van der Waals surface area contributed by atoms with Gasteiger partial charge >= 0.3 is 0 Å². The quantitative estimate of drug-likeness (QED) is 0.835. The molecule has 1 aromatic heterocycles. The largest absolute Gasteiger partial charge is 0.355 e. The Hall–Kier alpha value is -1.36. The first-order chi connectivity index (χ1) is 9.08. The van der Waals surface area contributed by atoms with E-state index in [-0.39, 0.29) is 17.7 Å². The fourth-order valence-electron chi connectivity index (χ4n) is 1.97. The van der Waals surface area contributed by atoms with Crippen LogP contribution in [0.5, 0.6) is 0 Å². The van der Waals surface area contributed by atoms with Gasteiger partial charge in [-0.25, -0.2) is 0 Å². The summed E-state index contributed by atoms with van der Waals surface area (Å²) in [6.07, 6.45) is 1.33. The Morgan fingerprint density at radius 3 is 2.74 bits per heavy atom. The van der Waals surface area contributed by atoms with Gasteiger partial charge in [-0.1, -0.05) is 6.92 Å². The lowest BCUT2D eigenvalue weighted by atomic mass is 10.3. The molecule has 0 bridgehead atoms. The lowest BCUT2D eigenvalue weighted by Crippen LogP contribution is -2.31. The van der Waals surface area contributed by atoms with Crippen molar-refractivity contribution in [3.63, 3.8) is 0 Å². The second-order valence-electron chi connectivity index (χ2n) is 5.16. The van der Waals surface area contributed by atoms with Crippen molar-refractivity contribution in [3.05, 3.63) is 21.9 Å². The van der Waals surface area contributed by atoms with Gasteiger partial charge in [0.05, 0.1) is 6.54 Å². The molecule has 1 aliphatic rings. The predicted octanol–water partition coefficient (Wildman–Crippen LogP) is 1.84. The van der Waals surface area contributed by atoms with Gasteiger partial charge in [-0.15, -0.1) is 11.3 Å². The number of thiophene rings is 1. The first kappa shape index (κ1) is 14.1. The van der Waals surface area contributed by atoms with E-state index in [1.54, 1.807) is 11.3 Å². The highest BCUT2D eigenvalue weighted by molar-refractivity contribution is 7.10. The van der Waals surface area contributed by atoms with Gasteiger partial charge in [0.25, 0.3) is 0 Å². The molecule has 1 aliphatic carbocycles. The Labute approximate surface area is 117 Å². The Morgan fingerprint density at radius 1 is 1.42 bits per heavy atom. The van der Waals surface area contributed by atoms with Crippen LogP contribution in [0.25, 0.3) is 0 Å². The van der Waals surface area contributed by atoms with Gasteiger partial charge in [-0.2, -0.15) is 0 Å². The van der Waals surface area contributed by atoms with Crippen molar-refractivity contribution < 1.29 is 9.59 Å². The molecule has 2 rings (SSSR count). The van der Waals surface area contributed by atoms with E-state index in [4.69, 9.17) is 0 Å². The number of aryl methyl sites for hydroxylation is 1. The first-order valence-corrected chi connectivity index (χ1v) is 7.53. The number of amides is 2. The monoisotopic (exact) mass is 280 g/mol. The van der Waals surface area contributed by atoms with Crippen LogP contribution < -0.4 is 10.6 Å². The molecule has 0 aliphatic heterocycles. The normalized spacial score (nSPS) is 20.9. The summed E-state index contributed by atoms with van der Waals surface area (Å²) < 4.78 is 0. The summed E-state index contributed by atoms with van der Waals surface area (Å²) in [5.41, 5.74) is 1.21. The molecular weight excluding hydrogens is 260 g/mol. The average Bonchev–Trinajstić information content (AvgIpc) is 2.96. The molecule has 104 valence electrons. The molecule has 0 saturated heterocycles. The molecule has 5 heteroatoms. The summed E-state index contributed by atoms with van der Waals surface area (Å²) >= 11 is 1.65. The highest BCUT2D eigenvalue weighted by atomic mass is 32.1. The van der Waals surface area contributed by atoms with Crippen LogP contribution in [-0.4, -0.2) is 18.4 Å². The molecule has 2 atom stereocenters. The average molecular weight is 280 g/mol. The number of nitrogens with one attached hydrogen (secondary N) is 2. The number of hydrogen-bond acceptors (Lipinski definition) is 3. The van der Waals surface area contributed by atoms with E-state index in [9.17, 15) is 9.59 Å². The summed E-state index contributed by atoms with van der Waals surface area (Å²) in [5.74, 6) is 0.763. The highest BCUT2D eigenvalue weighted by Gasteiger charge is 2.38. The van der Waals surface area contributed by atoms with Crippen LogP contribution in [-0.2, 0) is 16.1 Å². The molecule has 2 N–H and O–H groups in total. The van der Waals surface area contributed by atoms with Crippen LogP contribution in [0.4, 0.5) is 0 Å². The minimum absolute atomic E-state index is 0.0167. The SMILES string of the molecule is Cc1ccsc1CNC(=O)CCNC(=O)[C@@H]1C[C@@H]1C. The fraction of sp³-hybridized carbons (Fsp3) is 0.571. The molecular formula is C14H20N2O2S. The molecule has 19 heavy (non-hydrogen) atoms. The number of carbonyl (C=O) groups is 2. The standard InChI is InChI=1S/C14H20N2O2S/c1-9-4-6-19-12(9)8-16-13(17)3-5-15-14(18)11-7-10(11)2/h4,6,10-11H,3,5,7-8H2,1-2H3,(H,15,18)(H,16,17)/t10-,11+/m0/s1. The summed E-state index contributed by atoms with van der Waals surface area (Å²) in [4.78, 5) is 24.4. The molecule has 1 saturated carbocycles. The zero-order valence-corrected chi connectivity index (χ0v) is 12.2. The van der Waals surface area contributed by atoms with Crippen molar-refractivity contribution >= 4 is 23.2 Å². The van der Waals surface area contributed by atoms with E-state index in [0.29, 0.717) is 25.4 Å². The number of carbonyl (C=O) groups excluding carboxylic acids is 2. The maximum atomic E-state index is 11.6. The molecule has 1 aromatic rings. The third kappa shape index (κ3) is 4.06. The van der Waals surface area contributed by atoms with Crippen molar-refractivity contribution in [1.29, 1.82) is 0 Å². The molecule has 0 spiro atoms. The van der Waals surface area contributed by atoms with Gasteiger partial charge in [0.1, 0.15) is 0 Å². The van der Waals surface area contributed by atoms with Gasteiger partial charge in [-0.05, 0) is 36.3 Å². The van der Waals surface area contributed by atoms with E-state index >= 15 is 0 Å². The first-order valence-electron chi connectivity index (χ1n) is 6.65. The Balaban J connectivity index is 1.60.